The molecule has 0 atom stereocenters. The molecule has 0 amide bonds. The van der Waals surface area contributed by atoms with Gasteiger partial charge in [-0.2, -0.15) is 9.61 Å². The van der Waals surface area contributed by atoms with Crippen molar-refractivity contribution in [2.24, 2.45) is 0 Å². The zero-order valence-corrected chi connectivity index (χ0v) is 9.86. The summed E-state index contributed by atoms with van der Waals surface area (Å²) in [7, 11) is 0. The molecule has 0 unspecified atom stereocenters. The summed E-state index contributed by atoms with van der Waals surface area (Å²) in [4.78, 5) is 0.813. The number of rotatable bonds is 1. The maximum atomic E-state index is 4.37. The monoisotopic (exact) mass is 280 g/mol. The van der Waals surface area contributed by atoms with Crippen LogP contribution in [-0.2, 0) is 0 Å². The molecule has 0 radical (unpaired) electrons. The van der Waals surface area contributed by atoms with Crippen LogP contribution in [0.4, 0.5) is 0 Å². The SMILES string of the molecule is Brc1ccc(-c2nn3cnnc3s2)cc1. The van der Waals surface area contributed by atoms with Gasteiger partial charge in [-0.3, -0.25) is 0 Å². The van der Waals surface area contributed by atoms with Crippen molar-refractivity contribution in [1.29, 1.82) is 0 Å². The van der Waals surface area contributed by atoms with Crippen LogP contribution in [0.25, 0.3) is 15.5 Å². The summed E-state index contributed by atoms with van der Waals surface area (Å²) in [5.41, 5.74) is 1.09. The van der Waals surface area contributed by atoms with Crippen molar-refractivity contribution in [1.82, 2.24) is 19.8 Å². The molecule has 0 saturated heterocycles. The Labute approximate surface area is 97.7 Å². The molecule has 0 saturated carbocycles. The zero-order chi connectivity index (χ0) is 10.3. The normalized spacial score (nSPS) is 11.0. The molecule has 0 fully saturated rings. The Morgan fingerprint density at radius 2 is 2.00 bits per heavy atom. The molecule has 2 heterocycles. The van der Waals surface area contributed by atoms with Crippen molar-refractivity contribution in [2.45, 2.75) is 0 Å². The van der Waals surface area contributed by atoms with E-state index >= 15 is 0 Å². The second-order valence-corrected chi connectivity index (χ2v) is 4.84. The van der Waals surface area contributed by atoms with Crippen LogP contribution in [-0.4, -0.2) is 19.8 Å². The Hall–Kier alpha value is -1.27. The highest BCUT2D eigenvalue weighted by atomic mass is 79.9. The van der Waals surface area contributed by atoms with E-state index < -0.39 is 0 Å². The minimum Gasteiger partial charge on any atom is -0.190 e. The number of benzene rings is 1. The fraction of sp³-hybridized carbons (Fsp3) is 0. The smallest absolute Gasteiger partial charge is 0.190 e. The third-order valence-electron chi connectivity index (χ3n) is 1.98. The van der Waals surface area contributed by atoms with Crippen LogP contribution < -0.4 is 0 Å². The van der Waals surface area contributed by atoms with Gasteiger partial charge in [-0.05, 0) is 12.1 Å². The van der Waals surface area contributed by atoms with Gasteiger partial charge < -0.3 is 0 Å². The summed E-state index contributed by atoms with van der Waals surface area (Å²) in [6.45, 7) is 0. The summed E-state index contributed by atoms with van der Waals surface area (Å²) in [5, 5.41) is 13.0. The first-order valence-electron chi connectivity index (χ1n) is 4.26. The van der Waals surface area contributed by atoms with Crippen molar-refractivity contribution < 1.29 is 0 Å². The van der Waals surface area contributed by atoms with E-state index in [-0.39, 0.29) is 0 Å². The molecule has 0 aliphatic carbocycles. The molecule has 0 bridgehead atoms. The number of fused-ring (bicyclic) bond motifs is 1. The molecule has 2 aromatic heterocycles. The van der Waals surface area contributed by atoms with Crippen LogP contribution in [0.15, 0.2) is 35.1 Å². The van der Waals surface area contributed by atoms with Crippen molar-refractivity contribution in [3.8, 4) is 10.6 Å². The van der Waals surface area contributed by atoms with Gasteiger partial charge in [0.25, 0.3) is 0 Å². The minimum absolute atomic E-state index is 0.813. The summed E-state index contributed by atoms with van der Waals surface area (Å²) in [6, 6.07) is 8.04. The molecule has 3 rings (SSSR count). The maximum absolute atomic E-state index is 4.37. The molecule has 0 aliphatic heterocycles. The molecule has 0 N–H and O–H groups in total. The fourth-order valence-corrected chi connectivity index (χ4v) is 2.36. The third-order valence-corrected chi connectivity index (χ3v) is 3.47. The topological polar surface area (TPSA) is 43.1 Å². The van der Waals surface area contributed by atoms with Gasteiger partial charge >= 0.3 is 0 Å². The molecule has 3 aromatic rings. The number of halogens is 1. The second-order valence-electron chi connectivity index (χ2n) is 2.97. The van der Waals surface area contributed by atoms with Gasteiger partial charge in [0.2, 0.25) is 4.96 Å². The molecular weight excluding hydrogens is 276 g/mol. The standard InChI is InChI=1S/C9H5BrN4S/c10-7-3-1-6(2-4-7)8-13-14-5-11-12-9(14)15-8/h1-5H. The van der Waals surface area contributed by atoms with E-state index in [1.807, 2.05) is 24.3 Å². The van der Waals surface area contributed by atoms with Crippen LogP contribution in [0.5, 0.6) is 0 Å². The van der Waals surface area contributed by atoms with E-state index in [0.717, 1.165) is 20.0 Å². The molecular formula is C9H5BrN4S. The van der Waals surface area contributed by atoms with Crippen LogP contribution in [0.3, 0.4) is 0 Å². The lowest BCUT2D eigenvalue weighted by Gasteiger charge is -1.94. The number of hydrogen-bond acceptors (Lipinski definition) is 4. The first kappa shape index (κ1) is 8.99. The Morgan fingerprint density at radius 1 is 1.20 bits per heavy atom. The van der Waals surface area contributed by atoms with Gasteiger partial charge in [0.15, 0.2) is 0 Å². The van der Waals surface area contributed by atoms with Gasteiger partial charge in [0, 0.05) is 10.0 Å². The van der Waals surface area contributed by atoms with Crippen molar-refractivity contribution in [2.75, 3.05) is 0 Å². The summed E-state index contributed by atoms with van der Waals surface area (Å²) >= 11 is 4.93. The highest BCUT2D eigenvalue weighted by molar-refractivity contribution is 9.10. The van der Waals surface area contributed by atoms with E-state index in [0.29, 0.717) is 0 Å². The Kier molecular flexibility index (Phi) is 2.03. The van der Waals surface area contributed by atoms with E-state index in [4.69, 9.17) is 0 Å². The zero-order valence-electron chi connectivity index (χ0n) is 7.46. The molecule has 0 spiro atoms. The van der Waals surface area contributed by atoms with Crippen molar-refractivity contribution >= 4 is 32.2 Å². The molecule has 0 aliphatic rings. The lowest BCUT2D eigenvalue weighted by Crippen LogP contribution is -1.81. The van der Waals surface area contributed by atoms with Crippen LogP contribution in [0, 0.1) is 0 Å². The van der Waals surface area contributed by atoms with Crippen LogP contribution >= 0.6 is 27.3 Å². The van der Waals surface area contributed by atoms with E-state index in [1.165, 1.54) is 11.3 Å². The summed E-state index contributed by atoms with van der Waals surface area (Å²) in [6.07, 6.45) is 1.61. The average molecular weight is 281 g/mol. The van der Waals surface area contributed by atoms with Crippen molar-refractivity contribution in [3.05, 3.63) is 35.1 Å². The van der Waals surface area contributed by atoms with Crippen molar-refractivity contribution in [3.63, 3.8) is 0 Å². The fourth-order valence-electron chi connectivity index (χ4n) is 1.27. The van der Waals surface area contributed by atoms with Gasteiger partial charge in [0.05, 0.1) is 0 Å². The van der Waals surface area contributed by atoms with Gasteiger partial charge in [-0.1, -0.05) is 39.4 Å². The molecule has 74 valence electrons. The van der Waals surface area contributed by atoms with Gasteiger partial charge in [-0.15, -0.1) is 10.2 Å². The first-order valence-corrected chi connectivity index (χ1v) is 5.87. The average Bonchev–Trinajstić information content (AvgIpc) is 2.78. The lowest BCUT2D eigenvalue weighted by atomic mass is 10.2. The summed E-state index contributed by atoms with van der Waals surface area (Å²) in [5.74, 6) is 0. The molecule has 15 heavy (non-hydrogen) atoms. The van der Waals surface area contributed by atoms with Gasteiger partial charge in [0.1, 0.15) is 11.3 Å². The van der Waals surface area contributed by atoms with Gasteiger partial charge in [-0.25, -0.2) is 0 Å². The minimum atomic E-state index is 0.813. The highest BCUT2D eigenvalue weighted by Crippen LogP contribution is 2.25. The lowest BCUT2D eigenvalue weighted by molar-refractivity contribution is 0.960. The first-order chi connectivity index (χ1) is 7.33. The quantitative estimate of drug-likeness (QED) is 0.688. The number of hydrogen-bond donors (Lipinski definition) is 0. The predicted molar refractivity (Wildman–Crippen MR) is 61.8 cm³/mol. The molecule has 6 heteroatoms. The van der Waals surface area contributed by atoms with Crippen LogP contribution in [0.1, 0.15) is 0 Å². The second kappa shape index (κ2) is 3.39. The number of aromatic nitrogens is 4. The molecule has 1 aromatic carbocycles. The largest absolute Gasteiger partial charge is 0.234 e. The summed E-state index contributed by atoms with van der Waals surface area (Å²) < 4.78 is 2.75. The maximum Gasteiger partial charge on any atom is 0.234 e. The van der Waals surface area contributed by atoms with E-state index in [1.54, 1.807) is 10.8 Å². The predicted octanol–water partition coefficient (Wildman–Crippen LogP) is 2.62. The van der Waals surface area contributed by atoms with E-state index in [9.17, 15) is 0 Å². The Balaban J connectivity index is 2.13. The Bertz CT molecular complexity index is 569. The van der Waals surface area contributed by atoms with Crippen LogP contribution in [0.2, 0.25) is 0 Å². The Morgan fingerprint density at radius 3 is 2.73 bits per heavy atom. The molecule has 4 nitrogen and oxygen atoms in total. The highest BCUT2D eigenvalue weighted by Gasteiger charge is 2.06. The number of nitrogens with zero attached hydrogens (tertiary/aromatic N) is 4. The third kappa shape index (κ3) is 1.55. The van der Waals surface area contributed by atoms with E-state index in [2.05, 4.69) is 31.2 Å².